The molecule has 0 saturated carbocycles. The van der Waals surface area contributed by atoms with Gasteiger partial charge in [0.1, 0.15) is 11.4 Å². The number of hydrogen-bond donors (Lipinski definition) is 0. The van der Waals surface area contributed by atoms with Crippen molar-refractivity contribution in [2.75, 3.05) is 20.3 Å². The first kappa shape index (κ1) is 19.4. The summed E-state index contributed by atoms with van der Waals surface area (Å²) in [6.07, 6.45) is 1.40. The molecule has 0 fully saturated rings. The van der Waals surface area contributed by atoms with Gasteiger partial charge in [0.05, 0.1) is 29.7 Å². The molecule has 0 aromatic carbocycles. The molecular formula is C18H17N5O4S2. The summed E-state index contributed by atoms with van der Waals surface area (Å²) in [6.45, 7) is 0.667. The van der Waals surface area contributed by atoms with E-state index in [2.05, 4.69) is 15.2 Å². The number of ether oxygens (including phenoxy) is 1. The van der Waals surface area contributed by atoms with Crippen molar-refractivity contribution in [3.63, 3.8) is 0 Å². The molecule has 0 aliphatic carbocycles. The number of nitrogens with zero attached hydrogens (tertiary/aromatic N) is 5. The molecule has 0 bridgehead atoms. The number of carbonyl (C=O) groups is 1. The molecule has 0 atom stereocenters. The average Bonchev–Trinajstić information content (AvgIpc) is 3.47. The van der Waals surface area contributed by atoms with Crippen molar-refractivity contribution in [2.45, 2.75) is 13.1 Å². The molecule has 4 heterocycles. The molecule has 1 amide bonds. The van der Waals surface area contributed by atoms with E-state index in [9.17, 15) is 9.59 Å². The van der Waals surface area contributed by atoms with Gasteiger partial charge in [0, 0.05) is 13.7 Å². The summed E-state index contributed by atoms with van der Waals surface area (Å²) >= 11 is 2.88. The van der Waals surface area contributed by atoms with Crippen molar-refractivity contribution < 1.29 is 13.9 Å². The third kappa shape index (κ3) is 4.26. The van der Waals surface area contributed by atoms with E-state index in [1.165, 1.54) is 38.5 Å². The number of fused-ring (bicyclic) bond motifs is 1. The highest BCUT2D eigenvalue weighted by atomic mass is 32.1. The summed E-state index contributed by atoms with van der Waals surface area (Å²) in [6, 6.07) is 5.49. The Kier molecular flexibility index (Phi) is 5.79. The SMILES string of the molecule is COCCN(Cc1nnc(-c2cccs2)o1)C(=O)Cn1cnc2sccc2c1=O. The standard InChI is InChI=1S/C18H17N5O4S2/c1-26-6-5-22(9-14-20-21-16(27-14)13-3-2-7-28-13)15(24)10-23-11-19-17-12(18(23)25)4-8-29-17/h2-4,7-8,11H,5-6,9-10H2,1H3. The fourth-order valence-corrected chi connectivity index (χ4v) is 4.09. The van der Waals surface area contributed by atoms with Crippen molar-refractivity contribution in [1.82, 2.24) is 24.6 Å². The summed E-state index contributed by atoms with van der Waals surface area (Å²) in [5.41, 5.74) is -0.242. The third-order valence-electron chi connectivity index (χ3n) is 4.20. The maximum absolute atomic E-state index is 12.9. The molecule has 0 aliphatic rings. The van der Waals surface area contributed by atoms with Crippen LogP contribution in [0.4, 0.5) is 0 Å². The Labute approximate surface area is 173 Å². The van der Waals surface area contributed by atoms with E-state index in [4.69, 9.17) is 9.15 Å². The Bertz CT molecular complexity index is 1160. The zero-order chi connectivity index (χ0) is 20.2. The van der Waals surface area contributed by atoms with Gasteiger partial charge in [-0.1, -0.05) is 6.07 Å². The molecule has 4 rings (SSSR count). The van der Waals surface area contributed by atoms with E-state index >= 15 is 0 Å². The molecule has 29 heavy (non-hydrogen) atoms. The molecule has 0 saturated heterocycles. The Hall–Kier alpha value is -2.89. The minimum atomic E-state index is -0.267. The number of methoxy groups -OCH3 is 1. The van der Waals surface area contributed by atoms with Gasteiger partial charge in [0.25, 0.3) is 11.4 Å². The molecule has 0 N–H and O–H groups in total. The lowest BCUT2D eigenvalue weighted by atomic mass is 10.4. The highest BCUT2D eigenvalue weighted by Gasteiger charge is 2.19. The maximum Gasteiger partial charge on any atom is 0.262 e. The quantitative estimate of drug-likeness (QED) is 0.421. The summed E-state index contributed by atoms with van der Waals surface area (Å²) in [5, 5.41) is 12.3. The number of aromatic nitrogens is 4. The Balaban J connectivity index is 1.51. The first-order valence-electron chi connectivity index (χ1n) is 8.71. The maximum atomic E-state index is 12.9. The molecule has 0 aliphatic heterocycles. The zero-order valence-electron chi connectivity index (χ0n) is 15.5. The van der Waals surface area contributed by atoms with Gasteiger partial charge in [-0.3, -0.25) is 14.2 Å². The smallest absolute Gasteiger partial charge is 0.262 e. The van der Waals surface area contributed by atoms with Gasteiger partial charge < -0.3 is 14.1 Å². The van der Waals surface area contributed by atoms with Crippen molar-refractivity contribution in [3.05, 3.63) is 51.5 Å². The lowest BCUT2D eigenvalue weighted by molar-refractivity contribution is -0.133. The van der Waals surface area contributed by atoms with Crippen LogP contribution in [0, 0.1) is 0 Å². The van der Waals surface area contributed by atoms with Crippen LogP contribution in [0.25, 0.3) is 21.0 Å². The van der Waals surface area contributed by atoms with Crippen LogP contribution in [0.5, 0.6) is 0 Å². The number of carbonyl (C=O) groups excluding carboxylic acids is 1. The van der Waals surface area contributed by atoms with Crippen LogP contribution in [-0.4, -0.2) is 50.8 Å². The predicted octanol–water partition coefficient (Wildman–Crippen LogP) is 2.24. The van der Waals surface area contributed by atoms with E-state index in [0.717, 1.165) is 4.88 Å². The monoisotopic (exact) mass is 431 g/mol. The second kappa shape index (κ2) is 8.64. The summed E-state index contributed by atoms with van der Waals surface area (Å²) in [5.74, 6) is 0.463. The molecule has 9 nitrogen and oxygen atoms in total. The number of rotatable bonds is 8. The van der Waals surface area contributed by atoms with Crippen LogP contribution in [0.1, 0.15) is 5.89 Å². The van der Waals surface area contributed by atoms with Crippen LogP contribution < -0.4 is 5.56 Å². The van der Waals surface area contributed by atoms with Gasteiger partial charge in [-0.25, -0.2) is 4.98 Å². The Morgan fingerprint density at radius 2 is 2.17 bits per heavy atom. The highest BCUT2D eigenvalue weighted by Crippen LogP contribution is 2.23. The largest absolute Gasteiger partial charge is 0.418 e. The van der Waals surface area contributed by atoms with E-state index in [-0.39, 0.29) is 24.6 Å². The van der Waals surface area contributed by atoms with Gasteiger partial charge in [-0.15, -0.1) is 32.9 Å². The van der Waals surface area contributed by atoms with E-state index in [1.54, 1.807) is 18.6 Å². The predicted molar refractivity (Wildman–Crippen MR) is 109 cm³/mol. The van der Waals surface area contributed by atoms with Crippen LogP contribution in [0.15, 0.2) is 44.5 Å². The van der Waals surface area contributed by atoms with Crippen LogP contribution >= 0.6 is 22.7 Å². The topological polar surface area (TPSA) is 103 Å². The number of thiophene rings is 2. The fraction of sp³-hybridized carbons (Fsp3) is 0.278. The molecule has 4 aromatic rings. The highest BCUT2D eigenvalue weighted by molar-refractivity contribution is 7.16. The van der Waals surface area contributed by atoms with E-state index < -0.39 is 0 Å². The fourth-order valence-electron chi connectivity index (χ4n) is 2.73. The van der Waals surface area contributed by atoms with Crippen molar-refractivity contribution in [1.29, 1.82) is 0 Å². The first-order chi connectivity index (χ1) is 14.2. The molecule has 0 spiro atoms. The van der Waals surface area contributed by atoms with Gasteiger partial charge >= 0.3 is 0 Å². The zero-order valence-corrected chi connectivity index (χ0v) is 17.1. The summed E-state index contributed by atoms with van der Waals surface area (Å²) in [7, 11) is 1.56. The Morgan fingerprint density at radius 3 is 2.97 bits per heavy atom. The van der Waals surface area contributed by atoms with Crippen LogP contribution in [0.3, 0.4) is 0 Å². The van der Waals surface area contributed by atoms with E-state index in [0.29, 0.717) is 35.1 Å². The van der Waals surface area contributed by atoms with Gasteiger partial charge in [-0.05, 0) is 22.9 Å². The molecular weight excluding hydrogens is 414 g/mol. The van der Waals surface area contributed by atoms with Crippen LogP contribution in [0.2, 0.25) is 0 Å². The minimum absolute atomic E-state index is 0.128. The summed E-state index contributed by atoms with van der Waals surface area (Å²) in [4.78, 5) is 32.7. The van der Waals surface area contributed by atoms with Crippen molar-refractivity contribution in [2.24, 2.45) is 0 Å². The number of hydrogen-bond acceptors (Lipinski definition) is 9. The molecule has 4 aromatic heterocycles. The first-order valence-corrected chi connectivity index (χ1v) is 10.5. The van der Waals surface area contributed by atoms with Crippen molar-refractivity contribution >= 4 is 38.8 Å². The second-order valence-electron chi connectivity index (χ2n) is 6.10. The minimum Gasteiger partial charge on any atom is -0.418 e. The Morgan fingerprint density at radius 1 is 1.28 bits per heavy atom. The second-order valence-corrected chi connectivity index (χ2v) is 7.95. The average molecular weight is 431 g/mol. The van der Waals surface area contributed by atoms with Gasteiger partial charge in [-0.2, -0.15) is 0 Å². The third-order valence-corrected chi connectivity index (χ3v) is 5.88. The van der Waals surface area contributed by atoms with E-state index in [1.807, 2.05) is 17.5 Å². The number of amides is 1. The molecule has 0 unspecified atom stereocenters. The molecule has 150 valence electrons. The van der Waals surface area contributed by atoms with Crippen LogP contribution in [-0.2, 0) is 22.6 Å². The molecule has 0 radical (unpaired) electrons. The van der Waals surface area contributed by atoms with Gasteiger partial charge in [0.15, 0.2) is 0 Å². The normalized spacial score (nSPS) is 11.2. The lowest BCUT2D eigenvalue weighted by Crippen LogP contribution is -2.38. The van der Waals surface area contributed by atoms with Crippen molar-refractivity contribution in [3.8, 4) is 10.8 Å². The lowest BCUT2D eigenvalue weighted by Gasteiger charge is -2.21. The molecule has 11 heteroatoms. The van der Waals surface area contributed by atoms with Gasteiger partial charge in [0.2, 0.25) is 11.8 Å². The summed E-state index contributed by atoms with van der Waals surface area (Å²) < 4.78 is 12.1.